The standard InChI is InChI=1S/C8H9FNO/c9-8-3-7(6-1-2-6)4-10(11)5-8/h3-6,11H,1-2H2/q+1. The Hall–Kier alpha value is -1.12. The number of nitrogens with zero attached hydrogens (tertiary/aromatic N) is 1. The minimum absolute atomic E-state index is 0.378. The van der Waals surface area contributed by atoms with Gasteiger partial charge >= 0.3 is 0 Å². The highest BCUT2D eigenvalue weighted by Crippen LogP contribution is 2.39. The van der Waals surface area contributed by atoms with Crippen molar-refractivity contribution in [2.45, 2.75) is 18.8 Å². The molecule has 0 radical (unpaired) electrons. The van der Waals surface area contributed by atoms with Crippen molar-refractivity contribution in [1.29, 1.82) is 0 Å². The summed E-state index contributed by atoms with van der Waals surface area (Å²) in [4.78, 5) is 0. The van der Waals surface area contributed by atoms with Gasteiger partial charge in [0.25, 0.3) is 6.20 Å². The van der Waals surface area contributed by atoms with Gasteiger partial charge in [-0.3, -0.25) is 5.21 Å². The van der Waals surface area contributed by atoms with Crippen LogP contribution in [0.1, 0.15) is 24.3 Å². The van der Waals surface area contributed by atoms with E-state index in [-0.39, 0.29) is 5.82 Å². The van der Waals surface area contributed by atoms with Crippen molar-refractivity contribution in [3.8, 4) is 0 Å². The maximum atomic E-state index is 12.6. The Morgan fingerprint density at radius 3 is 2.73 bits per heavy atom. The fraction of sp³-hybridized carbons (Fsp3) is 0.375. The van der Waals surface area contributed by atoms with Gasteiger partial charge in [0.1, 0.15) is 0 Å². The summed E-state index contributed by atoms with van der Waals surface area (Å²) in [5.41, 5.74) is 0.896. The highest BCUT2D eigenvalue weighted by Gasteiger charge is 2.26. The molecule has 0 atom stereocenters. The summed E-state index contributed by atoms with van der Waals surface area (Å²) in [6.07, 6.45) is 4.83. The monoisotopic (exact) mass is 154 g/mol. The molecule has 0 aromatic carbocycles. The molecule has 1 heterocycles. The van der Waals surface area contributed by atoms with Gasteiger partial charge in [-0.15, -0.1) is 0 Å². The molecule has 1 N–H and O–H groups in total. The molecule has 1 aromatic rings. The van der Waals surface area contributed by atoms with Crippen molar-refractivity contribution in [3.05, 3.63) is 29.8 Å². The minimum atomic E-state index is -0.378. The van der Waals surface area contributed by atoms with Crippen molar-refractivity contribution in [2.24, 2.45) is 0 Å². The molecule has 1 aliphatic carbocycles. The van der Waals surface area contributed by atoms with Gasteiger partial charge < -0.3 is 0 Å². The van der Waals surface area contributed by atoms with Crippen molar-refractivity contribution in [1.82, 2.24) is 0 Å². The molecule has 1 fully saturated rings. The second-order valence-corrected chi connectivity index (χ2v) is 2.94. The molecule has 0 aliphatic heterocycles. The normalized spacial score (nSPS) is 16.8. The smallest absolute Gasteiger partial charge is 0.257 e. The molecule has 3 heteroatoms. The molecule has 1 aromatic heterocycles. The summed E-state index contributed by atoms with van der Waals surface area (Å²) >= 11 is 0. The zero-order valence-corrected chi connectivity index (χ0v) is 6.00. The van der Waals surface area contributed by atoms with Gasteiger partial charge in [0.2, 0.25) is 6.20 Å². The van der Waals surface area contributed by atoms with E-state index in [1.165, 1.54) is 6.07 Å². The minimum Gasteiger partial charge on any atom is -0.285 e. The average Bonchev–Trinajstić information content (AvgIpc) is 2.64. The topological polar surface area (TPSA) is 24.1 Å². The third-order valence-corrected chi connectivity index (χ3v) is 1.89. The Morgan fingerprint density at radius 2 is 2.18 bits per heavy atom. The Morgan fingerprint density at radius 1 is 1.45 bits per heavy atom. The Kier molecular flexibility index (Phi) is 1.31. The molecule has 0 unspecified atom stereocenters. The van der Waals surface area contributed by atoms with E-state index in [2.05, 4.69) is 0 Å². The van der Waals surface area contributed by atoms with Crippen molar-refractivity contribution >= 4 is 0 Å². The average molecular weight is 154 g/mol. The number of aromatic nitrogens is 1. The lowest BCUT2D eigenvalue weighted by molar-refractivity contribution is -0.905. The van der Waals surface area contributed by atoms with E-state index in [9.17, 15) is 4.39 Å². The van der Waals surface area contributed by atoms with Gasteiger partial charge in [-0.05, 0) is 24.8 Å². The van der Waals surface area contributed by atoms with E-state index >= 15 is 0 Å². The van der Waals surface area contributed by atoms with E-state index in [4.69, 9.17) is 5.21 Å². The molecule has 0 saturated heterocycles. The molecule has 1 saturated carbocycles. The number of halogens is 1. The number of hydrogen-bond acceptors (Lipinski definition) is 1. The van der Waals surface area contributed by atoms with E-state index in [1.807, 2.05) is 0 Å². The van der Waals surface area contributed by atoms with Crippen LogP contribution in [-0.4, -0.2) is 5.21 Å². The largest absolute Gasteiger partial charge is 0.285 e. The second-order valence-electron chi connectivity index (χ2n) is 2.94. The lowest BCUT2D eigenvalue weighted by Gasteiger charge is -1.92. The van der Waals surface area contributed by atoms with Crippen molar-refractivity contribution in [3.63, 3.8) is 0 Å². The lowest BCUT2D eigenvalue weighted by atomic mass is 10.2. The van der Waals surface area contributed by atoms with Gasteiger partial charge in [0, 0.05) is 10.3 Å². The van der Waals surface area contributed by atoms with Gasteiger partial charge in [-0.1, -0.05) is 0 Å². The highest BCUT2D eigenvalue weighted by molar-refractivity contribution is 5.17. The van der Waals surface area contributed by atoms with Crippen LogP contribution in [0.3, 0.4) is 0 Å². The van der Waals surface area contributed by atoms with Crippen LogP contribution in [0.15, 0.2) is 18.5 Å². The summed E-state index contributed by atoms with van der Waals surface area (Å²) in [6, 6.07) is 1.48. The highest BCUT2D eigenvalue weighted by atomic mass is 19.1. The molecule has 11 heavy (non-hydrogen) atoms. The van der Waals surface area contributed by atoms with Crippen LogP contribution >= 0.6 is 0 Å². The van der Waals surface area contributed by atoms with Crippen LogP contribution in [0, 0.1) is 5.82 Å². The number of pyridine rings is 1. The summed E-state index contributed by atoms with van der Waals surface area (Å²) in [6.45, 7) is 0. The summed E-state index contributed by atoms with van der Waals surface area (Å²) in [5.74, 6) is 0.0981. The molecule has 0 bridgehead atoms. The molecular formula is C8H9FNO+. The predicted octanol–water partition coefficient (Wildman–Crippen LogP) is 1.23. The predicted molar refractivity (Wildman–Crippen MR) is 35.8 cm³/mol. The van der Waals surface area contributed by atoms with Crippen molar-refractivity contribution < 1.29 is 14.3 Å². The van der Waals surface area contributed by atoms with E-state index < -0.39 is 0 Å². The number of rotatable bonds is 1. The molecule has 1 aliphatic rings. The van der Waals surface area contributed by atoms with E-state index in [0.29, 0.717) is 5.92 Å². The van der Waals surface area contributed by atoms with E-state index in [0.717, 1.165) is 29.3 Å². The molecular weight excluding hydrogens is 145 g/mol. The molecule has 2 rings (SSSR count). The van der Waals surface area contributed by atoms with Crippen LogP contribution in [0.4, 0.5) is 4.39 Å². The Balaban J connectivity index is 2.39. The zero-order chi connectivity index (χ0) is 7.84. The molecule has 0 amide bonds. The van der Waals surface area contributed by atoms with E-state index in [1.54, 1.807) is 6.20 Å². The van der Waals surface area contributed by atoms with Crippen LogP contribution in [0.25, 0.3) is 0 Å². The quantitative estimate of drug-likeness (QED) is 0.477. The molecule has 2 nitrogen and oxygen atoms in total. The van der Waals surface area contributed by atoms with Gasteiger partial charge in [-0.25, -0.2) is 4.39 Å². The lowest BCUT2D eigenvalue weighted by Crippen LogP contribution is -2.29. The van der Waals surface area contributed by atoms with Crippen LogP contribution < -0.4 is 4.73 Å². The SMILES string of the molecule is O[n+]1cc(F)cc(C2CC2)c1. The fourth-order valence-corrected chi connectivity index (χ4v) is 1.19. The number of hydrogen-bond donors (Lipinski definition) is 1. The summed E-state index contributed by atoms with van der Waals surface area (Å²) < 4.78 is 13.4. The fourth-order valence-electron chi connectivity index (χ4n) is 1.19. The third-order valence-electron chi connectivity index (χ3n) is 1.89. The third kappa shape index (κ3) is 1.31. The van der Waals surface area contributed by atoms with Gasteiger partial charge in [-0.2, -0.15) is 0 Å². The van der Waals surface area contributed by atoms with Crippen LogP contribution in [0.5, 0.6) is 0 Å². The van der Waals surface area contributed by atoms with Crippen LogP contribution in [0.2, 0.25) is 0 Å². The Bertz CT molecular complexity index is 263. The maximum absolute atomic E-state index is 12.6. The first-order chi connectivity index (χ1) is 5.25. The maximum Gasteiger partial charge on any atom is 0.257 e. The first-order valence-corrected chi connectivity index (χ1v) is 3.67. The molecule has 58 valence electrons. The second kappa shape index (κ2) is 2.19. The summed E-state index contributed by atoms with van der Waals surface area (Å²) in [5, 5.41) is 8.95. The molecule has 0 spiro atoms. The zero-order valence-electron chi connectivity index (χ0n) is 6.00. The van der Waals surface area contributed by atoms with Gasteiger partial charge in [0.15, 0.2) is 5.82 Å². The van der Waals surface area contributed by atoms with Crippen LogP contribution in [-0.2, 0) is 0 Å². The van der Waals surface area contributed by atoms with Crippen molar-refractivity contribution in [2.75, 3.05) is 0 Å². The first-order valence-electron chi connectivity index (χ1n) is 3.67. The van der Waals surface area contributed by atoms with Gasteiger partial charge in [0.05, 0.1) is 0 Å². The first kappa shape index (κ1) is 6.58. The summed E-state index contributed by atoms with van der Waals surface area (Å²) in [7, 11) is 0. The Labute approximate surface area is 63.9 Å².